The van der Waals surface area contributed by atoms with Crippen LogP contribution in [0.25, 0.3) is 0 Å². The molecule has 0 radical (unpaired) electrons. The van der Waals surface area contributed by atoms with Crippen molar-refractivity contribution in [3.05, 3.63) is 11.2 Å². The van der Waals surface area contributed by atoms with Crippen molar-refractivity contribution in [3.63, 3.8) is 0 Å². The SMILES string of the molecule is COC(=O)C(O)CNS(=O)(=O)c1scnc1C(=O)O. The number of aromatic nitrogens is 1. The van der Waals surface area contributed by atoms with E-state index in [1.807, 2.05) is 4.72 Å². The molecule has 1 aromatic heterocycles. The van der Waals surface area contributed by atoms with Crippen molar-refractivity contribution < 1.29 is 33.0 Å². The van der Waals surface area contributed by atoms with Gasteiger partial charge in [0.15, 0.2) is 16.0 Å². The molecular formula is C8H10N2O7S2. The van der Waals surface area contributed by atoms with E-state index in [4.69, 9.17) is 5.11 Å². The quantitative estimate of drug-likeness (QED) is 0.547. The van der Waals surface area contributed by atoms with Gasteiger partial charge in [0.2, 0.25) is 0 Å². The number of carboxylic acid groups (broad SMARTS) is 1. The molecule has 0 amide bonds. The van der Waals surface area contributed by atoms with Crippen LogP contribution in [-0.4, -0.2) is 55.3 Å². The molecule has 0 fully saturated rings. The maximum atomic E-state index is 11.8. The summed E-state index contributed by atoms with van der Waals surface area (Å²) < 4.78 is 29.1. The lowest BCUT2D eigenvalue weighted by Gasteiger charge is -2.09. The van der Waals surface area contributed by atoms with Gasteiger partial charge in [-0.1, -0.05) is 0 Å². The van der Waals surface area contributed by atoms with Gasteiger partial charge in [0.05, 0.1) is 12.6 Å². The maximum absolute atomic E-state index is 11.8. The fourth-order valence-corrected chi connectivity index (χ4v) is 3.26. The number of rotatable bonds is 6. The molecule has 1 atom stereocenters. The number of hydrogen-bond acceptors (Lipinski definition) is 8. The Labute approximate surface area is 111 Å². The number of nitrogens with one attached hydrogen (secondary N) is 1. The highest BCUT2D eigenvalue weighted by atomic mass is 32.2. The van der Waals surface area contributed by atoms with Crippen molar-refractivity contribution in [1.82, 2.24) is 9.71 Å². The maximum Gasteiger partial charge on any atom is 0.356 e. The third kappa shape index (κ3) is 3.70. The minimum Gasteiger partial charge on any atom is -0.476 e. The lowest BCUT2D eigenvalue weighted by Crippen LogP contribution is -2.37. The zero-order chi connectivity index (χ0) is 14.6. The number of hydrogen-bond donors (Lipinski definition) is 3. The third-order valence-electron chi connectivity index (χ3n) is 1.92. The first kappa shape index (κ1) is 15.5. The Balaban J connectivity index is 2.85. The molecule has 9 nitrogen and oxygen atoms in total. The van der Waals surface area contributed by atoms with E-state index in [1.54, 1.807) is 0 Å². The monoisotopic (exact) mass is 310 g/mol. The topological polar surface area (TPSA) is 143 Å². The average Bonchev–Trinajstić information content (AvgIpc) is 2.85. The van der Waals surface area contributed by atoms with Gasteiger partial charge in [-0.2, -0.15) is 0 Å². The van der Waals surface area contributed by atoms with Gasteiger partial charge in [0.1, 0.15) is 0 Å². The van der Waals surface area contributed by atoms with Crippen LogP contribution in [0.5, 0.6) is 0 Å². The van der Waals surface area contributed by atoms with Crippen molar-refractivity contribution in [2.75, 3.05) is 13.7 Å². The number of esters is 1. The Hall–Kier alpha value is -1.56. The van der Waals surface area contributed by atoms with Crippen LogP contribution in [0, 0.1) is 0 Å². The minimum atomic E-state index is -4.17. The highest BCUT2D eigenvalue weighted by Gasteiger charge is 2.27. The molecule has 0 saturated carbocycles. The van der Waals surface area contributed by atoms with Crippen LogP contribution in [-0.2, 0) is 19.6 Å². The van der Waals surface area contributed by atoms with Crippen LogP contribution in [0.3, 0.4) is 0 Å². The third-order valence-corrected chi connectivity index (χ3v) is 4.71. The molecule has 11 heteroatoms. The largest absolute Gasteiger partial charge is 0.476 e. The summed E-state index contributed by atoms with van der Waals surface area (Å²) in [6.45, 7) is -0.633. The van der Waals surface area contributed by atoms with E-state index in [2.05, 4.69) is 9.72 Å². The molecule has 1 rings (SSSR count). The molecular weight excluding hydrogens is 300 g/mol. The van der Waals surface area contributed by atoms with Gasteiger partial charge in [0.25, 0.3) is 10.0 Å². The van der Waals surface area contributed by atoms with Gasteiger partial charge in [-0.25, -0.2) is 27.7 Å². The van der Waals surface area contributed by atoms with E-state index in [0.717, 1.165) is 12.6 Å². The molecule has 0 saturated heterocycles. The number of nitrogens with zero attached hydrogens (tertiary/aromatic N) is 1. The van der Waals surface area contributed by atoms with E-state index < -0.39 is 44.5 Å². The lowest BCUT2D eigenvalue weighted by atomic mass is 10.4. The second-order valence-corrected chi connectivity index (χ2v) is 6.00. The Morgan fingerprint density at radius 3 is 2.74 bits per heavy atom. The molecule has 0 aliphatic rings. The molecule has 3 N–H and O–H groups in total. The molecule has 1 aromatic rings. The van der Waals surface area contributed by atoms with Crippen LogP contribution in [0.2, 0.25) is 0 Å². The van der Waals surface area contributed by atoms with Crippen molar-refractivity contribution in [2.45, 2.75) is 10.3 Å². The van der Waals surface area contributed by atoms with Gasteiger partial charge < -0.3 is 14.9 Å². The molecule has 0 aliphatic heterocycles. The van der Waals surface area contributed by atoms with Crippen LogP contribution < -0.4 is 4.72 Å². The Bertz CT molecular complexity index is 580. The summed E-state index contributed by atoms with van der Waals surface area (Å²) in [5.41, 5.74) is 0.444. The summed E-state index contributed by atoms with van der Waals surface area (Å²) in [6, 6.07) is 0. The number of methoxy groups -OCH3 is 1. The Morgan fingerprint density at radius 1 is 1.58 bits per heavy atom. The molecule has 0 aromatic carbocycles. The molecule has 106 valence electrons. The Morgan fingerprint density at radius 2 is 2.21 bits per heavy atom. The summed E-state index contributed by atoms with van der Waals surface area (Å²) in [5, 5.41) is 18.0. The molecule has 0 bridgehead atoms. The number of carbonyl (C=O) groups excluding carboxylic acids is 1. The number of aliphatic hydroxyl groups excluding tert-OH is 1. The predicted molar refractivity (Wildman–Crippen MR) is 62.3 cm³/mol. The molecule has 19 heavy (non-hydrogen) atoms. The van der Waals surface area contributed by atoms with Crippen LogP contribution in [0.4, 0.5) is 0 Å². The lowest BCUT2D eigenvalue weighted by molar-refractivity contribution is -0.149. The van der Waals surface area contributed by atoms with Crippen molar-refractivity contribution >= 4 is 33.3 Å². The summed E-state index contributed by atoms with van der Waals surface area (Å²) >= 11 is 0.610. The van der Waals surface area contributed by atoms with Crippen molar-refractivity contribution in [1.29, 1.82) is 0 Å². The van der Waals surface area contributed by atoms with Crippen LogP contribution >= 0.6 is 11.3 Å². The number of aromatic carboxylic acids is 1. The van der Waals surface area contributed by atoms with Crippen LogP contribution in [0.1, 0.15) is 10.5 Å². The van der Waals surface area contributed by atoms with Gasteiger partial charge in [-0.15, -0.1) is 11.3 Å². The standard InChI is InChI=1S/C8H10N2O7S2/c1-17-7(14)4(11)2-10-19(15,16)8-5(6(12)13)9-3-18-8/h3-4,10-11H,2H2,1H3,(H,12,13). The van der Waals surface area contributed by atoms with E-state index in [1.165, 1.54) is 0 Å². The van der Waals surface area contributed by atoms with Crippen molar-refractivity contribution in [2.24, 2.45) is 0 Å². The second kappa shape index (κ2) is 6.06. The van der Waals surface area contributed by atoms with Gasteiger partial charge in [-0.05, 0) is 0 Å². The molecule has 1 heterocycles. The highest BCUT2D eigenvalue weighted by Crippen LogP contribution is 2.19. The smallest absolute Gasteiger partial charge is 0.356 e. The van der Waals surface area contributed by atoms with Crippen molar-refractivity contribution in [3.8, 4) is 0 Å². The van der Waals surface area contributed by atoms with Gasteiger partial charge in [0, 0.05) is 6.54 Å². The summed E-state index contributed by atoms with van der Waals surface area (Å²) in [5.74, 6) is -2.50. The number of sulfonamides is 1. The van der Waals surface area contributed by atoms with E-state index in [0.29, 0.717) is 11.3 Å². The van der Waals surface area contributed by atoms with E-state index in [-0.39, 0.29) is 0 Å². The minimum absolute atomic E-state index is 0.503. The normalized spacial score (nSPS) is 12.9. The number of carboxylic acids is 1. The van der Waals surface area contributed by atoms with Gasteiger partial charge in [-0.3, -0.25) is 0 Å². The molecule has 0 aliphatic carbocycles. The summed E-state index contributed by atoms with van der Waals surface area (Å²) in [7, 11) is -3.14. The molecule has 0 spiro atoms. The van der Waals surface area contributed by atoms with E-state index in [9.17, 15) is 23.1 Å². The first-order valence-corrected chi connectivity index (χ1v) is 7.08. The predicted octanol–water partition coefficient (Wildman–Crippen LogP) is -1.35. The summed E-state index contributed by atoms with van der Waals surface area (Å²) in [6.07, 6.45) is -1.68. The second-order valence-electron chi connectivity index (χ2n) is 3.18. The average molecular weight is 310 g/mol. The number of carbonyl (C=O) groups is 2. The number of aliphatic hydroxyl groups is 1. The Kier molecular flexibility index (Phi) is 4.94. The molecule has 1 unspecified atom stereocenters. The number of ether oxygens (including phenoxy) is 1. The fraction of sp³-hybridized carbons (Fsp3) is 0.375. The zero-order valence-electron chi connectivity index (χ0n) is 9.56. The van der Waals surface area contributed by atoms with Gasteiger partial charge >= 0.3 is 11.9 Å². The zero-order valence-corrected chi connectivity index (χ0v) is 11.2. The summed E-state index contributed by atoms with van der Waals surface area (Å²) in [4.78, 5) is 25.0. The fourth-order valence-electron chi connectivity index (χ4n) is 1.04. The number of thiazole rings is 1. The first-order chi connectivity index (χ1) is 8.79. The van der Waals surface area contributed by atoms with E-state index >= 15 is 0 Å². The first-order valence-electron chi connectivity index (χ1n) is 4.72. The highest BCUT2D eigenvalue weighted by molar-refractivity contribution is 7.91. The van der Waals surface area contributed by atoms with Crippen LogP contribution in [0.15, 0.2) is 9.72 Å².